The van der Waals surface area contributed by atoms with Crippen molar-refractivity contribution >= 4 is 12.0 Å². The second-order valence-corrected chi connectivity index (χ2v) is 2.64. The van der Waals surface area contributed by atoms with Gasteiger partial charge in [0.25, 0.3) is 0 Å². The maximum absolute atomic E-state index is 10.3. The number of para-hydroxylation sites is 1. The number of ether oxygens (including phenoxy) is 1. The SMILES string of the molecule is CCOc1ccccc1/C=C/C(=O)O. The van der Waals surface area contributed by atoms with Crippen LogP contribution in [-0.4, -0.2) is 17.7 Å². The van der Waals surface area contributed by atoms with Gasteiger partial charge in [-0.3, -0.25) is 0 Å². The average molecular weight is 192 g/mol. The van der Waals surface area contributed by atoms with Gasteiger partial charge in [0.15, 0.2) is 0 Å². The van der Waals surface area contributed by atoms with Crippen molar-refractivity contribution in [2.45, 2.75) is 6.92 Å². The quantitative estimate of drug-likeness (QED) is 0.744. The molecule has 74 valence electrons. The molecule has 0 spiro atoms. The summed E-state index contributed by atoms with van der Waals surface area (Å²) in [5, 5.41) is 8.47. The zero-order chi connectivity index (χ0) is 10.4. The van der Waals surface area contributed by atoms with Gasteiger partial charge in [0.2, 0.25) is 0 Å². The summed E-state index contributed by atoms with van der Waals surface area (Å²) < 4.78 is 5.33. The van der Waals surface area contributed by atoms with Crippen molar-refractivity contribution in [3.63, 3.8) is 0 Å². The summed E-state index contributed by atoms with van der Waals surface area (Å²) in [6.45, 7) is 2.45. The van der Waals surface area contributed by atoms with E-state index >= 15 is 0 Å². The van der Waals surface area contributed by atoms with E-state index in [1.807, 2.05) is 31.2 Å². The van der Waals surface area contributed by atoms with Gasteiger partial charge in [-0.15, -0.1) is 0 Å². The molecule has 1 aromatic rings. The summed E-state index contributed by atoms with van der Waals surface area (Å²) in [5.74, 6) is -0.260. The van der Waals surface area contributed by atoms with Gasteiger partial charge in [0, 0.05) is 11.6 Å². The Morgan fingerprint density at radius 2 is 2.21 bits per heavy atom. The molecule has 0 amide bonds. The van der Waals surface area contributed by atoms with Crippen LogP contribution in [0.1, 0.15) is 12.5 Å². The van der Waals surface area contributed by atoms with E-state index in [2.05, 4.69) is 0 Å². The predicted octanol–water partition coefficient (Wildman–Crippen LogP) is 2.18. The highest BCUT2D eigenvalue weighted by Gasteiger charge is 1.98. The monoisotopic (exact) mass is 192 g/mol. The molecule has 0 aliphatic carbocycles. The van der Waals surface area contributed by atoms with Crippen LogP contribution in [-0.2, 0) is 4.79 Å². The van der Waals surface area contributed by atoms with Gasteiger partial charge in [-0.05, 0) is 19.1 Å². The number of rotatable bonds is 4. The normalized spacial score (nSPS) is 10.4. The molecule has 0 fully saturated rings. The van der Waals surface area contributed by atoms with Gasteiger partial charge in [0.05, 0.1) is 6.61 Å². The lowest BCUT2D eigenvalue weighted by Crippen LogP contribution is -1.93. The molecular formula is C11H12O3. The minimum Gasteiger partial charge on any atom is -0.493 e. The molecule has 1 N–H and O–H groups in total. The molecule has 14 heavy (non-hydrogen) atoms. The molecule has 3 heteroatoms. The number of benzene rings is 1. The highest BCUT2D eigenvalue weighted by molar-refractivity contribution is 5.85. The third-order valence-electron chi connectivity index (χ3n) is 1.62. The highest BCUT2D eigenvalue weighted by atomic mass is 16.5. The Kier molecular flexibility index (Phi) is 3.73. The van der Waals surface area contributed by atoms with Crippen molar-refractivity contribution in [1.29, 1.82) is 0 Å². The third-order valence-corrected chi connectivity index (χ3v) is 1.62. The lowest BCUT2D eigenvalue weighted by Gasteiger charge is -2.05. The zero-order valence-corrected chi connectivity index (χ0v) is 7.93. The topological polar surface area (TPSA) is 46.5 Å². The summed E-state index contributed by atoms with van der Waals surface area (Å²) in [4.78, 5) is 10.3. The number of carboxylic acids is 1. The zero-order valence-electron chi connectivity index (χ0n) is 7.93. The van der Waals surface area contributed by atoms with Gasteiger partial charge in [-0.25, -0.2) is 4.79 Å². The van der Waals surface area contributed by atoms with Gasteiger partial charge < -0.3 is 9.84 Å². The van der Waals surface area contributed by atoms with Gasteiger partial charge in [-0.2, -0.15) is 0 Å². The Hall–Kier alpha value is -1.77. The van der Waals surface area contributed by atoms with Crippen molar-refractivity contribution in [1.82, 2.24) is 0 Å². The van der Waals surface area contributed by atoms with Crippen LogP contribution in [0.15, 0.2) is 30.3 Å². The smallest absolute Gasteiger partial charge is 0.328 e. The fourth-order valence-corrected chi connectivity index (χ4v) is 1.07. The summed E-state index contributed by atoms with van der Waals surface area (Å²) >= 11 is 0. The molecule has 0 heterocycles. The Bertz CT molecular complexity index is 342. The number of hydrogen-bond acceptors (Lipinski definition) is 2. The summed E-state index contributed by atoms with van der Waals surface area (Å²) in [5.41, 5.74) is 0.775. The highest BCUT2D eigenvalue weighted by Crippen LogP contribution is 2.19. The fraction of sp³-hybridized carbons (Fsp3) is 0.182. The van der Waals surface area contributed by atoms with E-state index in [1.54, 1.807) is 0 Å². The molecule has 0 aliphatic rings. The van der Waals surface area contributed by atoms with Crippen LogP contribution in [0, 0.1) is 0 Å². The first-order valence-corrected chi connectivity index (χ1v) is 4.37. The third kappa shape index (κ3) is 2.94. The van der Waals surface area contributed by atoms with E-state index in [1.165, 1.54) is 6.08 Å². The molecule has 0 radical (unpaired) electrons. The Balaban J connectivity index is 2.89. The minimum absolute atomic E-state index is 0.567. The van der Waals surface area contributed by atoms with Gasteiger partial charge >= 0.3 is 5.97 Å². The van der Waals surface area contributed by atoms with Crippen molar-refractivity contribution in [3.05, 3.63) is 35.9 Å². The van der Waals surface area contributed by atoms with Crippen molar-refractivity contribution in [3.8, 4) is 5.75 Å². The number of carboxylic acid groups (broad SMARTS) is 1. The van der Waals surface area contributed by atoms with Crippen molar-refractivity contribution in [2.75, 3.05) is 6.61 Å². The summed E-state index contributed by atoms with van der Waals surface area (Å²) in [6, 6.07) is 7.31. The molecule has 0 atom stereocenters. The molecule has 3 nitrogen and oxygen atoms in total. The number of hydrogen-bond donors (Lipinski definition) is 1. The van der Waals surface area contributed by atoms with Crippen LogP contribution in [0.2, 0.25) is 0 Å². The first-order chi connectivity index (χ1) is 6.74. The van der Waals surface area contributed by atoms with Crippen molar-refractivity contribution < 1.29 is 14.6 Å². The number of carbonyl (C=O) groups is 1. The Labute approximate surface area is 82.6 Å². The molecule has 1 rings (SSSR count). The maximum atomic E-state index is 10.3. The van der Waals surface area contributed by atoms with Gasteiger partial charge in [-0.1, -0.05) is 18.2 Å². The van der Waals surface area contributed by atoms with Crippen LogP contribution >= 0.6 is 0 Å². The molecular weight excluding hydrogens is 180 g/mol. The molecule has 0 aromatic heterocycles. The average Bonchev–Trinajstić information content (AvgIpc) is 2.17. The van der Waals surface area contributed by atoms with Crippen LogP contribution in [0.25, 0.3) is 6.08 Å². The Morgan fingerprint density at radius 3 is 2.86 bits per heavy atom. The first kappa shape index (κ1) is 10.3. The molecule has 0 unspecified atom stereocenters. The van der Waals surface area contributed by atoms with E-state index < -0.39 is 5.97 Å². The lowest BCUT2D eigenvalue weighted by atomic mass is 10.2. The van der Waals surface area contributed by atoms with E-state index in [0.717, 1.165) is 11.6 Å². The second kappa shape index (κ2) is 5.07. The second-order valence-electron chi connectivity index (χ2n) is 2.64. The van der Waals surface area contributed by atoms with E-state index in [-0.39, 0.29) is 0 Å². The standard InChI is InChI=1S/C11H12O3/c1-2-14-10-6-4-3-5-9(10)7-8-11(12)13/h3-8H,2H2,1H3,(H,12,13)/b8-7+. The van der Waals surface area contributed by atoms with Crippen LogP contribution in [0.5, 0.6) is 5.75 Å². The van der Waals surface area contributed by atoms with E-state index in [4.69, 9.17) is 9.84 Å². The van der Waals surface area contributed by atoms with Crippen molar-refractivity contribution in [2.24, 2.45) is 0 Å². The molecule has 0 saturated carbocycles. The molecule has 1 aromatic carbocycles. The lowest BCUT2D eigenvalue weighted by molar-refractivity contribution is -0.131. The minimum atomic E-state index is -0.962. The summed E-state index contributed by atoms with van der Waals surface area (Å²) in [7, 11) is 0. The summed E-state index contributed by atoms with van der Waals surface area (Å²) in [6.07, 6.45) is 2.62. The van der Waals surface area contributed by atoms with Gasteiger partial charge in [0.1, 0.15) is 5.75 Å². The number of aliphatic carboxylic acids is 1. The maximum Gasteiger partial charge on any atom is 0.328 e. The van der Waals surface area contributed by atoms with E-state index in [0.29, 0.717) is 12.4 Å². The predicted molar refractivity (Wildman–Crippen MR) is 54.3 cm³/mol. The molecule has 0 bridgehead atoms. The largest absolute Gasteiger partial charge is 0.493 e. The van der Waals surface area contributed by atoms with Crippen LogP contribution in [0.3, 0.4) is 0 Å². The molecule has 0 aliphatic heterocycles. The fourth-order valence-electron chi connectivity index (χ4n) is 1.07. The first-order valence-electron chi connectivity index (χ1n) is 4.37. The van der Waals surface area contributed by atoms with E-state index in [9.17, 15) is 4.79 Å². The van der Waals surface area contributed by atoms with Crippen LogP contribution < -0.4 is 4.74 Å². The van der Waals surface area contributed by atoms with Crippen LogP contribution in [0.4, 0.5) is 0 Å². The Morgan fingerprint density at radius 1 is 1.50 bits per heavy atom. The molecule has 0 saturated heterocycles.